The molecule has 0 saturated heterocycles. The second kappa shape index (κ2) is 4.62. The minimum atomic E-state index is 0.823. The van der Waals surface area contributed by atoms with Gasteiger partial charge < -0.3 is 4.74 Å². The maximum absolute atomic E-state index is 5.32. The lowest BCUT2D eigenvalue weighted by Gasteiger charge is -2.08. The molecule has 1 aromatic carbocycles. The molecule has 1 aromatic heterocycles. The number of ether oxygens (including phenoxy) is 1. The molecule has 16 heavy (non-hydrogen) atoms. The molecule has 0 radical (unpaired) electrons. The fraction of sp³-hybridized carbons (Fsp3) is 0.0714. The van der Waals surface area contributed by atoms with Gasteiger partial charge in [0.05, 0.1) is 12.8 Å². The van der Waals surface area contributed by atoms with Crippen molar-refractivity contribution in [1.29, 1.82) is 0 Å². The second-order valence-electron chi connectivity index (χ2n) is 3.38. The van der Waals surface area contributed by atoms with Gasteiger partial charge in [-0.25, -0.2) is 0 Å². The van der Waals surface area contributed by atoms with Gasteiger partial charge in [0.1, 0.15) is 5.75 Å². The summed E-state index contributed by atoms with van der Waals surface area (Å²) in [5.41, 5.74) is 2.95. The molecule has 0 amide bonds. The first kappa shape index (κ1) is 10.4. The van der Waals surface area contributed by atoms with E-state index in [1.807, 2.05) is 42.5 Å². The number of rotatable bonds is 3. The predicted molar refractivity (Wildman–Crippen MR) is 66.3 cm³/mol. The van der Waals surface area contributed by atoms with Crippen molar-refractivity contribution in [3.8, 4) is 17.0 Å². The van der Waals surface area contributed by atoms with E-state index in [1.165, 1.54) is 0 Å². The minimum Gasteiger partial charge on any atom is -0.496 e. The SMILES string of the molecule is C=Cc1ccc(OC)c(-c2ccccn2)c1. The molecule has 2 nitrogen and oxygen atoms in total. The molecule has 2 aromatic rings. The van der Waals surface area contributed by atoms with Gasteiger partial charge in [-0.05, 0) is 29.8 Å². The van der Waals surface area contributed by atoms with E-state index in [9.17, 15) is 0 Å². The lowest BCUT2D eigenvalue weighted by Crippen LogP contribution is -1.90. The van der Waals surface area contributed by atoms with E-state index in [0.29, 0.717) is 0 Å². The van der Waals surface area contributed by atoms with Crippen LogP contribution in [0.15, 0.2) is 49.2 Å². The van der Waals surface area contributed by atoms with Crippen molar-refractivity contribution in [1.82, 2.24) is 4.98 Å². The van der Waals surface area contributed by atoms with Crippen molar-refractivity contribution in [2.24, 2.45) is 0 Å². The summed E-state index contributed by atoms with van der Waals surface area (Å²) >= 11 is 0. The van der Waals surface area contributed by atoms with Gasteiger partial charge in [-0.2, -0.15) is 0 Å². The number of hydrogen-bond donors (Lipinski definition) is 0. The molecule has 2 rings (SSSR count). The summed E-state index contributed by atoms with van der Waals surface area (Å²) in [6.45, 7) is 3.76. The number of methoxy groups -OCH3 is 1. The first-order valence-electron chi connectivity index (χ1n) is 5.07. The highest BCUT2D eigenvalue weighted by Gasteiger charge is 2.06. The van der Waals surface area contributed by atoms with E-state index in [2.05, 4.69) is 11.6 Å². The maximum atomic E-state index is 5.32. The summed E-state index contributed by atoms with van der Waals surface area (Å²) in [5.74, 6) is 0.823. The Labute approximate surface area is 95.2 Å². The quantitative estimate of drug-likeness (QED) is 0.776. The fourth-order valence-electron chi connectivity index (χ4n) is 1.57. The normalized spacial score (nSPS) is 9.81. The number of nitrogens with zero attached hydrogens (tertiary/aromatic N) is 1. The van der Waals surface area contributed by atoms with E-state index in [0.717, 1.165) is 22.6 Å². The zero-order valence-electron chi connectivity index (χ0n) is 9.18. The van der Waals surface area contributed by atoms with E-state index in [1.54, 1.807) is 13.3 Å². The highest BCUT2D eigenvalue weighted by Crippen LogP contribution is 2.29. The molecule has 0 aliphatic rings. The monoisotopic (exact) mass is 211 g/mol. The molecule has 0 aliphatic heterocycles. The van der Waals surface area contributed by atoms with Crippen LogP contribution in [0.3, 0.4) is 0 Å². The van der Waals surface area contributed by atoms with Gasteiger partial charge in [0.25, 0.3) is 0 Å². The van der Waals surface area contributed by atoms with Crippen LogP contribution in [0.2, 0.25) is 0 Å². The maximum Gasteiger partial charge on any atom is 0.128 e. The van der Waals surface area contributed by atoms with Crippen molar-refractivity contribution < 1.29 is 4.74 Å². The van der Waals surface area contributed by atoms with Crippen molar-refractivity contribution >= 4 is 6.08 Å². The second-order valence-corrected chi connectivity index (χ2v) is 3.38. The van der Waals surface area contributed by atoms with Gasteiger partial charge in [-0.1, -0.05) is 24.8 Å². The summed E-state index contributed by atoms with van der Waals surface area (Å²) in [4.78, 5) is 4.32. The van der Waals surface area contributed by atoms with Gasteiger partial charge in [0.15, 0.2) is 0 Å². The van der Waals surface area contributed by atoms with Gasteiger partial charge >= 0.3 is 0 Å². The van der Waals surface area contributed by atoms with Crippen LogP contribution in [0.1, 0.15) is 5.56 Å². The largest absolute Gasteiger partial charge is 0.496 e. The fourth-order valence-corrected chi connectivity index (χ4v) is 1.57. The van der Waals surface area contributed by atoms with Gasteiger partial charge in [-0.15, -0.1) is 0 Å². The molecule has 0 aliphatic carbocycles. The molecule has 0 spiro atoms. The topological polar surface area (TPSA) is 22.1 Å². The van der Waals surface area contributed by atoms with E-state index in [4.69, 9.17) is 4.74 Å². The standard InChI is InChI=1S/C14H13NO/c1-3-11-7-8-14(16-2)12(10-11)13-6-4-5-9-15-13/h3-10H,1H2,2H3. The molecular weight excluding hydrogens is 198 g/mol. The molecular formula is C14H13NO. The number of hydrogen-bond acceptors (Lipinski definition) is 2. The molecule has 1 heterocycles. The molecule has 0 unspecified atom stereocenters. The van der Waals surface area contributed by atoms with E-state index < -0.39 is 0 Å². The third-order valence-corrected chi connectivity index (χ3v) is 2.40. The lowest BCUT2D eigenvalue weighted by atomic mass is 10.1. The third kappa shape index (κ3) is 1.96. The molecule has 0 saturated carbocycles. The molecule has 2 heteroatoms. The average Bonchev–Trinajstić information content (AvgIpc) is 2.39. The minimum absolute atomic E-state index is 0.823. The molecule has 80 valence electrons. The van der Waals surface area contributed by atoms with Crippen LogP contribution in [0.25, 0.3) is 17.3 Å². The van der Waals surface area contributed by atoms with Crippen LogP contribution >= 0.6 is 0 Å². The van der Waals surface area contributed by atoms with Gasteiger partial charge in [0.2, 0.25) is 0 Å². The third-order valence-electron chi connectivity index (χ3n) is 2.40. The van der Waals surface area contributed by atoms with E-state index >= 15 is 0 Å². The first-order chi connectivity index (χ1) is 7.85. The van der Waals surface area contributed by atoms with Crippen LogP contribution in [0.4, 0.5) is 0 Å². The summed E-state index contributed by atoms with van der Waals surface area (Å²) in [6, 6.07) is 11.7. The number of pyridine rings is 1. The zero-order valence-corrected chi connectivity index (χ0v) is 9.18. The predicted octanol–water partition coefficient (Wildman–Crippen LogP) is 3.40. The van der Waals surface area contributed by atoms with Crippen LogP contribution in [-0.2, 0) is 0 Å². The molecule has 0 bridgehead atoms. The Morgan fingerprint density at radius 2 is 2.12 bits per heavy atom. The highest BCUT2D eigenvalue weighted by molar-refractivity contribution is 5.70. The summed E-state index contributed by atoms with van der Waals surface area (Å²) in [7, 11) is 1.66. The van der Waals surface area contributed by atoms with Crippen LogP contribution in [0, 0.1) is 0 Å². The number of benzene rings is 1. The summed E-state index contributed by atoms with van der Waals surface area (Å²) < 4.78 is 5.32. The van der Waals surface area contributed by atoms with Crippen LogP contribution in [-0.4, -0.2) is 12.1 Å². The Balaban J connectivity index is 2.57. The van der Waals surface area contributed by atoms with Crippen molar-refractivity contribution in [3.05, 3.63) is 54.7 Å². The highest BCUT2D eigenvalue weighted by atomic mass is 16.5. The van der Waals surface area contributed by atoms with Gasteiger partial charge in [0, 0.05) is 11.8 Å². The zero-order chi connectivity index (χ0) is 11.4. The molecule has 0 atom stereocenters. The van der Waals surface area contributed by atoms with Crippen molar-refractivity contribution in [2.45, 2.75) is 0 Å². The Morgan fingerprint density at radius 3 is 2.75 bits per heavy atom. The Bertz CT molecular complexity index is 491. The smallest absolute Gasteiger partial charge is 0.128 e. The Hall–Kier alpha value is -2.09. The van der Waals surface area contributed by atoms with Crippen LogP contribution < -0.4 is 4.74 Å². The Kier molecular flexibility index (Phi) is 3.01. The van der Waals surface area contributed by atoms with Crippen molar-refractivity contribution in [2.75, 3.05) is 7.11 Å². The summed E-state index contributed by atoms with van der Waals surface area (Å²) in [5, 5.41) is 0. The van der Waals surface area contributed by atoms with Gasteiger partial charge in [-0.3, -0.25) is 4.98 Å². The van der Waals surface area contributed by atoms with E-state index in [-0.39, 0.29) is 0 Å². The molecule has 0 N–H and O–H groups in total. The van der Waals surface area contributed by atoms with Crippen LogP contribution in [0.5, 0.6) is 5.75 Å². The molecule has 0 fully saturated rings. The first-order valence-corrected chi connectivity index (χ1v) is 5.07. The summed E-state index contributed by atoms with van der Waals surface area (Å²) in [6.07, 6.45) is 3.58. The number of aromatic nitrogens is 1. The van der Waals surface area contributed by atoms with Crippen molar-refractivity contribution in [3.63, 3.8) is 0 Å². The Morgan fingerprint density at radius 1 is 1.25 bits per heavy atom. The average molecular weight is 211 g/mol. The lowest BCUT2D eigenvalue weighted by molar-refractivity contribution is 0.416.